The Morgan fingerprint density at radius 2 is 2.10 bits per heavy atom. The third kappa shape index (κ3) is 2.75. The van der Waals surface area contributed by atoms with Crippen LogP contribution in [0.15, 0.2) is 30.5 Å². The molecule has 1 aromatic carbocycles. The van der Waals surface area contributed by atoms with E-state index in [1.54, 1.807) is 20.3 Å². The van der Waals surface area contributed by atoms with E-state index in [-0.39, 0.29) is 17.6 Å². The van der Waals surface area contributed by atoms with E-state index < -0.39 is 5.82 Å². The first-order valence-corrected chi connectivity index (χ1v) is 9.98. The molecule has 156 valence electrons. The number of hydrogen-bond donors (Lipinski definition) is 1. The van der Waals surface area contributed by atoms with Crippen molar-refractivity contribution >= 4 is 23.2 Å². The first kappa shape index (κ1) is 19.1. The number of fused-ring (bicyclic) bond motifs is 8. The lowest BCUT2D eigenvalue weighted by Gasteiger charge is -2.29. The molecular formula is C22H20FN7O. The molecular weight excluding hydrogens is 397 g/mol. The molecule has 5 rings (SSSR count). The second-order valence-corrected chi connectivity index (χ2v) is 7.86. The van der Waals surface area contributed by atoms with Gasteiger partial charge in [0.05, 0.1) is 17.3 Å². The highest BCUT2D eigenvalue weighted by Crippen LogP contribution is 2.44. The summed E-state index contributed by atoms with van der Waals surface area (Å²) in [5.41, 5.74) is 9.32. The molecule has 2 aromatic heterocycles. The van der Waals surface area contributed by atoms with Crippen LogP contribution in [0, 0.1) is 17.1 Å². The normalized spacial score (nSPS) is 17.5. The number of nitrogens with zero attached hydrogens (tertiary/aromatic N) is 6. The van der Waals surface area contributed by atoms with Crippen LogP contribution in [-0.2, 0) is 7.05 Å². The summed E-state index contributed by atoms with van der Waals surface area (Å²) in [4.78, 5) is 21.5. The number of pyridine rings is 1. The number of benzene rings is 1. The van der Waals surface area contributed by atoms with E-state index in [2.05, 4.69) is 21.1 Å². The first-order valence-electron chi connectivity index (χ1n) is 9.98. The quantitative estimate of drug-likeness (QED) is 0.603. The predicted octanol–water partition coefficient (Wildman–Crippen LogP) is 3.01. The summed E-state index contributed by atoms with van der Waals surface area (Å²) >= 11 is 0. The van der Waals surface area contributed by atoms with E-state index in [0.717, 1.165) is 12.8 Å². The fraction of sp³-hybridized carbons (Fsp3) is 0.273. The minimum Gasteiger partial charge on any atom is -0.382 e. The van der Waals surface area contributed by atoms with Crippen LogP contribution in [-0.4, -0.2) is 34.3 Å². The third-order valence-electron chi connectivity index (χ3n) is 6.10. The molecule has 1 amide bonds. The van der Waals surface area contributed by atoms with Gasteiger partial charge in [0.15, 0.2) is 5.69 Å². The van der Waals surface area contributed by atoms with Gasteiger partial charge in [-0.15, -0.1) is 0 Å². The van der Waals surface area contributed by atoms with E-state index in [4.69, 9.17) is 5.73 Å². The fourth-order valence-corrected chi connectivity index (χ4v) is 4.73. The zero-order valence-corrected chi connectivity index (χ0v) is 17.1. The highest BCUT2D eigenvalue weighted by atomic mass is 19.1. The molecule has 1 saturated heterocycles. The molecule has 0 unspecified atom stereocenters. The molecule has 0 saturated carbocycles. The van der Waals surface area contributed by atoms with Crippen LogP contribution in [0.5, 0.6) is 0 Å². The molecule has 31 heavy (non-hydrogen) atoms. The largest absolute Gasteiger partial charge is 0.382 e. The molecule has 4 heterocycles. The maximum atomic E-state index is 14.3. The average molecular weight is 417 g/mol. The minimum absolute atomic E-state index is 0.186. The second-order valence-electron chi connectivity index (χ2n) is 7.86. The van der Waals surface area contributed by atoms with Gasteiger partial charge < -0.3 is 10.6 Å². The van der Waals surface area contributed by atoms with Gasteiger partial charge in [-0.3, -0.25) is 14.4 Å². The van der Waals surface area contributed by atoms with Crippen LogP contribution in [0.3, 0.4) is 0 Å². The van der Waals surface area contributed by atoms with Gasteiger partial charge in [0.25, 0.3) is 5.91 Å². The summed E-state index contributed by atoms with van der Waals surface area (Å²) in [6.45, 7) is 0.699. The van der Waals surface area contributed by atoms with Crippen molar-refractivity contribution in [3.63, 3.8) is 0 Å². The Morgan fingerprint density at radius 3 is 2.87 bits per heavy atom. The monoisotopic (exact) mass is 417 g/mol. The summed E-state index contributed by atoms with van der Waals surface area (Å²) in [5.74, 6) is 0.100. The van der Waals surface area contributed by atoms with Gasteiger partial charge in [0.2, 0.25) is 0 Å². The van der Waals surface area contributed by atoms with E-state index in [0.29, 0.717) is 46.1 Å². The topological polar surface area (TPSA) is 104 Å². The van der Waals surface area contributed by atoms with Gasteiger partial charge in [-0.05, 0) is 42.7 Å². The Bertz CT molecular complexity index is 1280. The number of aromatic nitrogens is 3. The van der Waals surface area contributed by atoms with Crippen LogP contribution in [0.1, 0.15) is 40.5 Å². The molecule has 2 aliphatic rings. The lowest BCUT2D eigenvalue weighted by molar-refractivity contribution is 0.0990. The van der Waals surface area contributed by atoms with Crippen molar-refractivity contribution in [2.24, 2.45) is 7.05 Å². The van der Waals surface area contributed by atoms with E-state index >= 15 is 0 Å². The van der Waals surface area contributed by atoms with Crippen molar-refractivity contribution in [1.29, 1.82) is 5.26 Å². The summed E-state index contributed by atoms with van der Waals surface area (Å²) in [5, 5.41) is 14.0. The third-order valence-corrected chi connectivity index (χ3v) is 6.10. The highest BCUT2D eigenvalue weighted by Gasteiger charge is 2.35. The Hall–Kier alpha value is -3.93. The molecule has 2 N–H and O–H groups in total. The number of hydrogen-bond acceptors (Lipinski definition) is 6. The van der Waals surface area contributed by atoms with Gasteiger partial charge in [0.1, 0.15) is 23.5 Å². The summed E-state index contributed by atoms with van der Waals surface area (Å²) in [7, 11) is 3.31. The Morgan fingerprint density at radius 1 is 1.29 bits per heavy atom. The highest BCUT2D eigenvalue weighted by molar-refractivity contribution is 6.08. The summed E-state index contributed by atoms with van der Waals surface area (Å²) in [6.07, 6.45) is 3.22. The maximum Gasteiger partial charge on any atom is 0.259 e. The van der Waals surface area contributed by atoms with Crippen LogP contribution < -0.4 is 15.5 Å². The number of nitriles is 1. The minimum atomic E-state index is -0.399. The number of nitrogen functional groups attached to an aromatic ring is 1. The Labute approximate surface area is 178 Å². The molecule has 0 aliphatic carbocycles. The number of rotatable bonds is 0. The van der Waals surface area contributed by atoms with E-state index in [1.165, 1.54) is 27.8 Å². The molecule has 2 bridgehead atoms. The van der Waals surface area contributed by atoms with Gasteiger partial charge >= 0.3 is 0 Å². The molecule has 1 atom stereocenters. The first-order chi connectivity index (χ1) is 14.9. The van der Waals surface area contributed by atoms with Crippen molar-refractivity contribution in [3.8, 4) is 17.2 Å². The Balaban J connectivity index is 1.88. The van der Waals surface area contributed by atoms with Crippen molar-refractivity contribution < 1.29 is 9.18 Å². The molecule has 0 spiro atoms. The number of nitrogens with two attached hydrogens (primary N) is 1. The van der Waals surface area contributed by atoms with Gasteiger partial charge in [-0.1, -0.05) is 0 Å². The molecule has 1 fully saturated rings. The standard InChI is InChI=1S/C22H20FN7O/c1-28-21-19(16(10-24)27-29(21)2)12-8-18(20(25)26-11-12)30-7-3-4-17(30)15-9-13(23)5-6-14(15)22(28)31/h5-6,8-9,11,17H,3-4,7H2,1-2H3,(H2,25,26)/t17-/m1/s1. The Kier molecular flexibility index (Phi) is 4.18. The molecule has 0 radical (unpaired) electrons. The van der Waals surface area contributed by atoms with Crippen LogP contribution in [0.25, 0.3) is 11.1 Å². The number of halogens is 1. The molecule has 2 aliphatic heterocycles. The SMILES string of the molecule is CN1C(=O)c2ccc(F)cc2[C@H]2CCCN2c2cc(cnc2N)-c2c(C#N)nn(C)c21. The van der Waals surface area contributed by atoms with Gasteiger partial charge in [-0.2, -0.15) is 10.4 Å². The van der Waals surface area contributed by atoms with Gasteiger partial charge in [-0.25, -0.2) is 9.37 Å². The zero-order valence-electron chi connectivity index (χ0n) is 17.1. The molecule has 3 aromatic rings. The number of carbonyl (C=O) groups is 1. The summed E-state index contributed by atoms with van der Waals surface area (Å²) < 4.78 is 15.8. The second kappa shape index (κ2) is 6.80. The van der Waals surface area contributed by atoms with E-state index in [9.17, 15) is 14.4 Å². The van der Waals surface area contributed by atoms with E-state index in [1.807, 2.05) is 6.07 Å². The summed E-state index contributed by atoms with van der Waals surface area (Å²) in [6, 6.07) is 8.04. The fourth-order valence-electron chi connectivity index (χ4n) is 4.73. The lowest BCUT2D eigenvalue weighted by atomic mass is 9.97. The van der Waals surface area contributed by atoms with Crippen molar-refractivity contribution in [3.05, 3.63) is 53.1 Å². The van der Waals surface area contributed by atoms with Crippen LogP contribution >= 0.6 is 0 Å². The number of anilines is 3. The predicted molar refractivity (Wildman–Crippen MR) is 114 cm³/mol. The van der Waals surface area contributed by atoms with Crippen molar-refractivity contribution in [1.82, 2.24) is 14.8 Å². The van der Waals surface area contributed by atoms with Crippen LogP contribution in [0.4, 0.5) is 21.7 Å². The van der Waals surface area contributed by atoms with Crippen molar-refractivity contribution in [2.75, 3.05) is 29.1 Å². The van der Waals surface area contributed by atoms with Crippen LogP contribution in [0.2, 0.25) is 0 Å². The number of carbonyl (C=O) groups excluding carboxylic acids is 1. The average Bonchev–Trinajstić information content (AvgIpc) is 3.37. The lowest BCUT2D eigenvalue weighted by Crippen LogP contribution is -2.31. The number of aryl methyl sites for hydroxylation is 1. The number of amides is 1. The smallest absolute Gasteiger partial charge is 0.259 e. The van der Waals surface area contributed by atoms with Crippen molar-refractivity contribution in [2.45, 2.75) is 18.9 Å². The molecule has 8 nitrogen and oxygen atoms in total. The zero-order chi connectivity index (χ0) is 21.9. The maximum absolute atomic E-state index is 14.3. The van der Waals surface area contributed by atoms with Gasteiger partial charge in [0, 0.05) is 38.0 Å². The molecule has 9 heteroatoms.